The highest BCUT2D eigenvalue weighted by Gasteiger charge is 2.30. The Hall–Kier alpha value is -1.94. The maximum atomic E-state index is 13.1. The highest BCUT2D eigenvalue weighted by atomic mass is 31.2. The van der Waals surface area contributed by atoms with Crippen LogP contribution in [0, 0.1) is 17.8 Å². The van der Waals surface area contributed by atoms with Crippen LogP contribution < -0.4 is 0 Å². The number of phosphoric ester groups is 2. The lowest BCUT2D eigenvalue weighted by Gasteiger charge is -2.21. The third kappa shape index (κ3) is 76.1. The van der Waals surface area contributed by atoms with E-state index in [1.807, 2.05) is 0 Å². The number of hydrogen-bond acceptors (Lipinski definition) is 15. The molecule has 5 atom stereocenters. The summed E-state index contributed by atoms with van der Waals surface area (Å²) < 4.78 is 68.7. The van der Waals surface area contributed by atoms with Gasteiger partial charge in [-0.25, -0.2) is 9.13 Å². The summed E-state index contributed by atoms with van der Waals surface area (Å²) >= 11 is 0. The Balaban J connectivity index is 5.20. The van der Waals surface area contributed by atoms with Crippen molar-refractivity contribution in [3.63, 3.8) is 0 Å². The van der Waals surface area contributed by atoms with E-state index >= 15 is 0 Å². The Morgan fingerprint density at radius 3 is 0.673 bits per heavy atom. The summed E-state index contributed by atoms with van der Waals surface area (Å²) in [5.74, 6) is 0.201. The van der Waals surface area contributed by atoms with Gasteiger partial charge in [0.15, 0.2) is 12.2 Å². The van der Waals surface area contributed by atoms with Gasteiger partial charge in [-0.15, -0.1) is 0 Å². The second kappa shape index (κ2) is 72.3. The van der Waals surface area contributed by atoms with Gasteiger partial charge in [0.05, 0.1) is 26.4 Å². The van der Waals surface area contributed by atoms with Crippen molar-refractivity contribution >= 4 is 39.5 Å². The van der Waals surface area contributed by atoms with E-state index in [-0.39, 0.29) is 25.7 Å². The molecule has 2 unspecified atom stereocenters. The highest BCUT2D eigenvalue weighted by Crippen LogP contribution is 2.45. The van der Waals surface area contributed by atoms with Crippen LogP contribution in [-0.4, -0.2) is 96.7 Å². The SMILES string of the molecule is CCCCCCCCCCCCCCC(=O)O[C@H](COC(=O)CCCCCCCCC(C)C)COP(=O)(O)OC[C@H](O)COP(=O)(O)OC[C@@H](COC(=O)CCCCCCCCCCCCCCCCCCC(C)C)OC(=O)CCCCCCCCCCCCCCCCCCCCC(C)C. The topological polar surface area (TPSA) is 237 Å². The lowest BCUT2D eigenvalue weighted by Crippen LogP contribution is -2.30. The molecule has 3 N–H and O–H groups in total. The molecule has 0 aromatic rings. The van der Waals surface area contributed by atoms with Crippen molar-refractivity contribution in [1.29, 1.82) is 0 Å². The first kappa shape index (κ1) is 99.1. The van der Waals surface area contributed by atoms with Crippen LogP contribution in [0.25, 0.3) is 0 Å². The fourth-order valence-corrected chi connectivity index (χ4v) is 14.2. The van der Waals surface area contributed by atoms with Crippen LogP contribution in [0.2, 0.25) is 0 Å². The molecule has 0 aliphatic heterocycles. The normalized spacial score (nSPS) is 14.0. The lowest BCUT2D eigenvalue weighted by molar-refractivity contribution is -0.161. The van der Waals surface area contributed by atoms with Gasteiger partial charge in [-0.2, -0.15) is 0 Å². The molecule has 0 aliphatic carbocycles. The number of hydrogen-bond donors (Lipinski definition) is 3. The minimum atomic E-state index is -4.96. The molecule has 0 spiro atoms. The second-order valence-corrected chi connectivity index (χ2v) is 33.8. The number of unbranched alkanes of at least 4 members (excludes halogenated alkanes) is 48. The van der Waals surface area contributed by atoms with Gasteiger partial charge in [0, 0.05) is 25.7 Å². The largest absolute Gasteiger partial charge is 0.472 e. The predicted octanol–water partition coefficient (Wildman–Crippen LogP) is 24.5. The van der Waals surface area contributed by atoms with Gasteiger partial charge in [-0.3, -0.25) is 37.3 Å². The summed E-state index contributed by atoms with van der Waals surface area (Å²) in [6.45, 7) is 11.9. The van der Waals surface area contributed by atoms with E-state index in [0.717, 1.165) is 108 Å². The molecule has 0 fully saturated rings. The van der Waals surface area contributed by atoms with Crippen LogP contribution in [0.5, 0.6) is 0 Å². The van der Waals surface area contributed by atoms with Crippen LogP contribution in [0.1, 0.15) is 427 Å². The number of rotatable bonds is 80. The molecule has 600 valence electrons. The van der Waals surface area contributed by atoms with E-state index in [0.29, 0.717) is 31.6 Å². The molecular weight excluding hydrogens is 1320 g/mol. The number of ether oxygens (including phenoxy) is 4. The zero-order chi connectivity index (χ0) is 74.4. The first-order chi connectivity index (χ1) is 48.7. The van der Waals surface area contributed by atoms with Crippen molar-refractivity contribution in [2.75, 3.05) is 39.6 Å². The number of phosphoric acid groups is 2. The second-order valence-electron chi connectivity index (χ2n) is 30.9. The average molecular weight is 1480 g/mol. The van der Waals surface area contributed by atoms with Gasteiger partial charge in [0.2, 0.25) is 0 Å². The molecule has 0 rings (SSSR count). The third-order valence-electron chi connectivity index (χ3n) is 19.1. The third-order valence-corrected chi connectivity index (χ3v) is 21.0. The maximum absolute atomic E-state index is 13.1. The molecule has 0 aromatic heterocycles. The zero-order valence-corrected chi connectivity index (χ0v) is 68.2. The minimum absolute atomic E-state index is 0.106. The van der Waals surface area contributed by atoms with Crippen LogP contribution in [-0.2, 0) is 65.4 Å². The zero-order valence-electron chi connectivity index (χ0n) is 66.4. The molecule has 0 radical (unpaired) electrons. The van der Waals surface area contributed by atoms with Crippen LogP contribution in [0.4, 0.5) is 0 Å². The van der Waals surface area contributed by atoms with Crippen molar-refractivity contribution in [3.05, 3.63) is 0 Å². The molecule has 0 amide bonds. The number of esters is 4. The molecule has 101 heavy (non-hydrogen) atoms. The standard InChI is InChI=1S/C82H160O17P2/c1-8-9-10-11-12-13-14-31-37-42-51-58-65-81(86)99-78(70-93-80(85)64-57-50-45-44-48-55-62-75(6)7)72-97-101(90,91)95-68-76(83)67-94-100(88,89)96-71-77(69-92-79(84)63-56-49-41-36-32-27-23-20-19-22-26-30-35-40-47-54-61-74(4)5)98-82(87)66-59-52-43-38-33-28-24-18-16-15-17-21-25-29-34-39-46-53-60-73(2)3/h73-78,83H,8-72H2,1-7H3,(H,88,89)(H,90,91)/t76-,77-,78-/m1/s1. The molecule has 0 aliphatic rings. The quantitative estimate of drug-likeness (QED) is 0.0222. The Kier molecular flexibility index (Phi) is 70.9. The van der Waals surface area contributed by atoms with Crippen LogP contribution in [0.3, 0.4) is 0 Å². The molecule has 19 heteroatoms. The van der Waals surface area contributed by atoms with E-state index < -0.39 is 97.5 Å². The number of aliphatic hydroxyl groups is 1. The van der Waals surface area contributed by atoms with E-state index in [1.54, 1.807) is 0 Å². The molecule has 0 aromatic carbocycles. The fourth-order valence-electron chi connectivity index (χ4n) is 12.7. The summed E-state index contributed by atoms with van der Waals surface area (Å²) in [7, 11) is -9.92. The Morgan fingerprint density at radius 2 is 0.455 bits per heavy atom. The van der Waals surface area contributed by atoms with E-state index in [2.05, 4.69) is 48.5 Å². The Morgan fingerprint density at radius 1 is 0.267 bits per heavy atom. The fraction of sp³-hybridized carbons (Fsp3) is 0.951. The van der Waals surface area contributed by atoms with Gasteiger partial charge in [0.1, 0.15) is 19.3 Å². The molecule has 17 nitrogen and oxygen atoms in total. The first-order valence-corrected chi connectivity index (χ1v) is 45.3. The number of carbonyl (C=O) groups excluding carboxylic acids is 4. The average Bonchev–Trinajstić information content (AvgIpc) is 0.927. The van der Waals surface area contributed by atoms with Crippen molar-refractivity contribution in [1.82, 2.24) is 0 Å². The summed E-state index contributed by atoms with van der Waals surface area (Å²) in [4.78, 5) is 73.0. The summed E-state index contributed by atoms with van der Waals surface area (Å²) in [5.41, 5.74) is 0. The molecule has 0 saturated heterocycles. The van der Waals surface area contributed by atoms with Gasteiger partial charge in [-0.05, 0) is 43.4 Å². The minimum Gasteiger partial charge on any atom is -0.462 e. The van der Waals surface area contributed by atoms with Gasteiger partial charge in [0.25, 0.3) is 0 Å². The smallest absolute Gasteiger partial charge is 0.462 e. The van der Waals surface area contributed by atoms with Crippen molar-refractivity contribution < 1.29 is 80.2 Å². The number of aliphatic hydroxyl groups excluding tert-OH is 1. The lowest BCUT2D eigenvalue weighted by atomic mass is 10.0. The maximum Gasteiger partial charge on any atom is 0.472 e. The Labute approximate surface area is 619 Å². The first-order valence-electron chi connectivity index (χ1n) is 42.3. The van der Waals surface area contributed by atoms with Gasteiger partial charge < -0.3 is 33.8 Å². The van der Waals surface area contributed by atoms with E-state index in [4.69, 9.17) is 37.0 Å². The highest BCUT2D eigenvalue weighted by molar-refractivity contribution is 7.47. The Bertz CT molecular complexity index is 1960. The summed E-state index contributed by atoms with van der Waals surface area (Å²) in [6, 6.07) is 0. The van der Waals surface area contributed by atoms with Gasteiger partial charge >= 0.3 is 39.5 Å². The molecule has 0 bridgehead atoms. The summed E-state index contributed by atoms with van der Waals surface area (Å²) in [6.07, 6.45) is 61.3. The molecule has 0 saturated carbocycles. The summed E-state index contributed by atoms with van der Waals surface area (Å²) in [5, 5.41) is 10.6. The number of carbonyl (C=O) groups is 4. The predicted molar refractivity (Wildman–Crippen MR) is 414 cm³/mol. The van der Waals surface area contributed by atoms with E-state index in [9.17, 15) is 43.2 Å². The monoisotopic (exact) mass is 1480 g/mol. The van der Waals surface area contributed by atoms with Crippen molar-refractivity contribution in [3.8, 4) is 0 Å². The van der Waals surface area contributed by atoms with Crippen LogP contribution in [0.15, 0.2) is 0 Å². The van der Waals surface area contributed by atoms with Crippen molar-refractivity contribution in [2.45, 2.75) is 446 Å². The molecule has 0 heterocycles. The van der Waals surface area contributed by atoms with E-state index in [1.165, 1.54) is 231 Å². The van der Waals surface area contributed by atoms with Gasteiger partial charge in [-0.1, -0.05) is 376 Å². The van der Waals surface area contributed by atoms with Crippen molar-refractivity contribution in [2.24, 2.45) is 17.8 Å². The van der Waals surface area contributed by atoms with Crippen LogP contribution >= 0.6 is 15.6 Å². The molecular formula is C82H160O17P2.